The Balaban J connectivity index is 1.52. The van der Waals surface area contributed by atoms with Crippen molar-refractivity contribution < 1.29 is 17.6 Å². The number of furan rings is 1. The number of amides is 1. The van der Waals surface area contributed by atoms with E-state index in [-0.39, 0.29) is 22.9 Å². The third kappa shape index (κ3) is 4.19. The van der Waals surface area contributed by atoms with E-state index in [0.29, 0.717) is 17.1 Å². The van der Waals surface area contributed by atoms with Crippen molar-refractivity contribution in [3.63, 3.8) is 0 Å². The van der Waals surface area contributed by atoms with Gasteiger partial charge in [0.2, 0.25) is 10.0 Å². The van der Waals surface area contributed by atoms with Crippen molar-refractivity contribution in [2.75, 3.05) is 14.1 Å². The van der Waals surface area contributed by atoms with Crippen LogP contribution in [0.15, 0.2) is 57.8 Å². The van der Waals surface area contributed by atoms with E-state index in [9.17, 15) is 13.2 Å². The lowest BCUT2D eigenvalue weighted by atomic mass is 10.1. The number of carbonyl (C=O) groups excluding carboxylic acids is 1. The standard InChI is InChI=1S/C23H23N3O4S2/c1-14-11-16(12-21(15(14)2)32(28,29)26(3)4)22(27)24-13-17-9-10-19(30-17)23-25-18-7-5-6-8-20(18)31-23/h5-12H,13H2,1-4H3,(H,24,27). The molecular formula is C23H23N3O4S2. The molecule has 0 aliphatic heterocycles. The summed E-state index contributed by atoms with van der Waals surface area (Å²) in [6.07, 6.45) is 0. The van der Waals surface area contributed by atoms with Gasteiger partial charge in [-0.2, -0.15) is 0 Å². The molecule has 0 aliphatic rings. The zero-order chi connectivity index (χ0) is 23.0. The van der Waals surface area contributed by atoms with Gasteiger partial charge in [0.15, 0.2) is 10.8 Å². The van der Waals surface area contributed by atoms with E-state index in [1.165, 1.54) is 20.2 Å². The Labute approximate surface area is 190 Å². The van der Waals surface area contributed by atoms with Gasteiger partial charge in [-0.05, 0) is 61.4 Å². The molecule has 9 heteroatoms. The average molecular weight is 470 g/mol. The van der Waals surface area contributed by atoms with E-state index in [4.69, 9.17) is 4.42 Å². The van der Waals surface area contributed by atoms with Crippen molar-refractivity contribution in [1.29, 1.82) is 0 Å². The molecule has 0 spiro atoms. The van der Waals surface area contributed by atoms with Crippen molar-refractivity contribution in [3.8, 4) is 10.8 Å². The number of nitrogens with zero attached hydrogens (tertiary/aromatic N) is 2. The molecule has 32 heavy (non-hydrogen) atoms. The average Bonchev–Trinajstić information content (AvgIpc) is 3.40. The quantitative estimate of drug-likeness (QED) is 0.453. The van der Waals surface area contributed by atoms with Crippen LogP contribution in [0.25, 0.3) is 21.0 Å². The number of rotatable bonds is 6. The zero-order valence-electron chi connectivity index (χ0n) is 18.2. The summed E-state index contributed by atoms with van der Waals surface area (Å²) in [4.78, 5) is 17.5. The third-order valence-corrected chi connectivity index (χ3v) is 8.22. The minimum absolute atomic E-state index is 0.128. The number of para-hydroxylation sites is 1. The molecule has 166 valence electrons. The molecule has 0 saturated heterocycles. The summed E-state index contributed by atoms with van der Waals surface area (Å²) < 4.78 is 33.4. The molecular weight excluding hydrogens is 446 g/mol. The van der Waals surface area contributed by atoms with Gasteiger partial charge in [0.1, 0.15) is 5.76 Å². The number of thiazole rings is 1. The van der Waals surface area contributed by atoms with Crippen LogP contribution in [0.2, 0.25) is 0 Å². The molecule has 0 aliphatic carbocycles. The van der Waals surface area contributed by atoms with Crippen molar-refractivity contribution in [2.24, 2.45) is 0 Å². The Bertz CT molecular complexity index is 1390. The van der Waals surface area contributed by atoms with E-state index in [2.05, 4.69) is 10.3 Å². The Morgan fingerprint density at radius 2 is 1.88 bits per heavy atom. The van der Waals surface area contributed by atoms with Crippen LogP contribution in [0, 0.1) is 13.8 Å². The molecule has 1 amide bonds. The zero-order valence-corrected chi connectivity index (χ0v) is 19.8. The molecule has 2 aromatic heterocycles. The van der Waals surface area contributed by atoms with Crippen molar-refractivity contribution in [2.45, 2.75) is 25.3 Å². The van der Waals surface area contributed by atoms with Gasteiger partial charge in [0.05, 0.1) is 21.7 Å². The third-order valence-electron chi connectivity index (χ3n) is 5.23. The molecule has 0 fully saturated rings. The predicted octanol–water partition coefficient (Wildman–Crippen LogP) is 4.35. The molecule has 7 nitrogen and oxygen atoms in total. The first kappa shape index (κ1) is 22.2. The minimum Gasteiger partial charge on any atom is -0.457 e. The summed E-state index contributed by atoms with van der Waals surface area (Å²) in [6, 6.07) is 14.6. The van der Waals surface area contributed by atoms with Crippen LogP contribution in [-0.4, -0.2) is 37.7 Å². The van der Waals surface area contributed by atoms with Gasteiger partial charge in [0.25, 0.3) is 5.91 Å². The highest BCUT2D eigenvalue weighted by Gasteiger charge is 2.23. The largest absolute Gasteiger partial charge is 0.457 e. The second kappa shape index (κ2) is 8.50. The highest BCUT2D eigenvalue weighted by molar-refractivity contribution is 7.89. The molecule has 2 aromatic carbocycles. The molecule has 0 atom stereocenters. The van der Waals surface area contributed by atoms with Crippen LogP contribution in [0.1, 0.15) is 27.2 Å². The normalized spacial score (nSPS) is 11.9. The van der Waals surface area contributed by atoms with Gasteiger partial charge in [-0.3, -0.25) is 4.79 Å². The molecule has 0 radical (unpaired) electrons. The number of sulfonamides is 1. The van der Waals surface area contributed by atoms with E-state index >= 15 is 0 Å². The summed E-state index contributed by atoms with van der Waals surface area (Å²) in [5.74, 6) is 0.847. The Kier molecular flexibility index (Phi) is 5.89. The first-order valence-corrected chi connectivity index (χ1v) is 12.2. The predicted molar refractivity (Wildman–Crippen MR) is 125 cm³/mol. The van der Waals surface area contributed by atoms with Crippen molar-refractivity contribution in [1.82, 2.24) is 14.6 Å². The Morgan fingerprint density at radius 1 is 1.12 bits per heavy atom. The highest BCUT2D eigenvalue weighted by Crippen LogP contribution is 2.31. The van der Waals surface area contributed by atoms with Crippen LogP contribution in [0.5, 0.6) is 0 Å². The molecule has 4 aromatic rings. The smallest absolute Gasteiger partial charge is 0.251 e. The fourth-order valence-corrected chi connectivity index (χ4v) is 5.40. The lowest BCUT2D eigenvalue weighted by Crippen LogP contribution is -2.26. The summed E-state index contributed by atoms with van der Waals surface area (Å²) in [7, 11) is -0.725. The first-order chi connectivity index (χ1) is 15.2. The van der Waals surface area contributed by atoms with Gasteiger partial charge < -0.3 is 9.73 Å². The molecule has 0 bridgehead atoms. The summed E-state index contributed by atoms with van der Waals surface area (Å²) in [5.41, 5.74) is 2.56. The van der Waals surface area contributed by atoms with Gasteiger partial charge in [-0.15, -0.1) is 11.3 Å². The van der Waals surface area contributed by atoms with Gasteiger partial charge in [-0.1, -0.05) is 12.1 Å². The number of benzene rings is 2. The maximum absolute atomic E-state index is 12.8. The van der Waals surface area contributed by atoms with Crippen LogP contribution >= 0.6 is 11.3 Å². The number of hydrogen-bond acceptors (Lipinski definition) is 6. The Morgan fingerprint density at radius 3 is 2.59 bits per heavy atom. The second-order valence-electron chi connectivity index (χ2n) is 7.64. The molecule has 1 N–H and O–H groups in total. The van der Waals surface area contributed by atoms with Crippen LogP contribution in [0.4, 0.5) is 0 Å². The topological polar surface area (TPSA) is 92.5 Å². The Hall–Kier alpha value is -3.01. The number of aromatic nitrogens is 1. The second-order valence-corrected chi connectivity index (χ2v) is 10.8. The number of nitrogens with one attached hydrogen (secondary N) is 1. The monoisotopic (exact) mass is 469 g/mol. The van der Waals surface area contributed by atoms with E-state index in [1.54, 1.807) is 37.3 Å². The number of carbonyl (C=O) groups is 1. The van der Waals surface area contributed by atoms with E-state index in [0.717, 1.165) is 25.1 Å². The van der Waals surface area contributed by atoms with Crippen LogP contribution < -0.4 is 5.32 Å². The summed E-state index contributed by atoms with van der Waals surface area (Å²) in [5, 5.41) is 3.58. The lowest BCUT2D eigenvalue weighted by Gasteiger charge is -2.16. The van der Waals surface area contributed by atoms with Crippen LogP contribution in [-0.2, 0) is 16.6 Å². The first-order valence-electron chi connectivity index (χ1n) is 9.93. The molecule has 4 rings (SSSR count). The summed E-state index contributed by atoms with van der Waals surface area (Å²) in [6.45, 7) is 3.70. The SMILES string of the molecule is Cc1cc(C(=O)NCc2ccc(-c3nc4ccccc4s3)o2)cc(S(=O)(=O)N(C)C)c1C. The molecule has 2 heterocycles. The minimum atomic E-state index is -3.66. The fraction of sp³-hybridized carbons (Fsp3) is 0.217. The number of fused-ring (bicyclic) bond motifs is 1. The van der Waals surface area contributed by atoms with Crippen molar-refractivity contribution >= 4 is 37.5 Å². The van der Waals surface area contributed by atoms with E-state index < -0.39 is 10.0 Å². The number of aryl methyl sites for hydroxylation is 1. The maximum atomic E-state index is 12.8. The van der Waals surface area contributed by atoms with Crippen LogP contribution in [0.3, 0.4) is 0 Å². The van der Waals surface area contributed by atoms with E-state index in [1.807, 2.05) is 30.3 Å². The molecule has 0 saturated carbocycles. The van der Waals surface area contributed by atoms with Crippen molar-refractivity contribution in [3.05, 3.63) is 71.0 Å². The number of hydrogen-bond donors (Lipinski definition) is 1. The van der Waals surface area contributed by atoms with Gasteiger partial charge in [-0.25, -0.2) is 17.7 Å². The summed E-state index contributed by atoms with van der Waals surface area (Å²) >= 11 is 1.54. The lowest BCUT2D eigenvalue weighted by molar-refractivity contribution is 0.0948. The van der Waals surface area contributed by atoms with Gasteiger partial charge >= 0.3 is 0 Å². The molecule has 0 unspecified atom stereocenters. The van der Waals surface area contributed by atoms with Gasteiger partial charge in [0, 0.05) is 19.7 Å². The fourth-order valence-electron chi connectivity index (χ4n) is 3.26. The maximum Gasteiger partial charge on any atom is 0.251 e. The highest BCUT2D eigenvalue weighted by atomic mass is 32.2.